The van der Waals surface area contributed by atoms with E-state index in [1.807, 2.05) is 12.1 Å². The quantitative estimate of drug-likeness (QED) is 0.846. The number of hydrogen-bond acceptors (Lipinski definition) is 4. The maximum absolute atomic E-state index is 12.0. The molecule has 0 aliphatic heterocycles. The molecule has 1 unspecified atom stereocenters. The largest absolute Gasteiger partial charge is 0.391 e. The van der Waals surface area contributed by atoms with Crippen LogP contribution in [-0.4, -0.2) is 50.3 Å². The topological polar surface area (TPSA) is 82.8 Å². The van der Waals surface area contributed by atoms with Crippen LogP contribution in [0.2, 0.25) is 0 Å². The zero-order valence-corrected chi connectivity index (χ0v) is 11.9. The normalized spacial score (nSPS) is 15.9. The zero-order chi connectivity index (χ0) is 14.8. The van der Waals surface area contributed by atoms with Gasteiger partial charge in [0.2, 0.25) is 0 Å². The SMILES string of the molecule is CN(CC(O)C1CC1)C(=O)NCc1ccnc2ccnn12. The van der Waals surface area contributed by atoms with Crippen LogP contribution < -0.4 is 5.32 Å². The molecule has 0 aromatic carbocycles. The van der Waals surface area contributed by atoms with Crippen LogP contribution in [0, 0.1) is 5.92 Å². The van der Waals surface area contributed by atoms with E-state index < -0.39 is 6.10 Å². The van der Waals surface area contributed by atoms with E-state index >= 15 is 0 Å². The molecule has 2 amide bonds. The lowest BCUT2D eigenvalue weighted by Crippen LogP contribution is -2.41. The number of urea groups is 1. The van der Waals surface area contributed by atoms with Crippen LogP contribution in [0.25, 0.3) is 5.65 Å². The van der Waals surface area contributed by atoms with Crippen molar-refractivity contribution in [2.75, 3.05) is 13.6 Å². The van der Waals surface area contributed by atoms with Crippen LogP contribution in [0.5, 0.6) is 0 Å². The van der Waals surface area contributed by atoms with Crippen LogP contribution in [0.15, 0.2) is 24.5 Å². The molecule has 21 heavy (non-hydrogen) atoms. The average Bonchev–Trinajstić information content (AvgIpc) is 3.22. The Morgan fingerprint density at radius 3 is 3.10 bits per heavy atom. The van der Waals surface area contributed by atoms with E-state index in [0.717, 1.165) is 24.2 Å². The minimum Gasteiger partial charge on any atom is -0.391 e. The van der Waals surface area contributed by atoms with Crippen molar-refractivity contribution in [3.63, 3.8) is 0 Å². The molecule has 0 spiro atoms. The molecule has 1 fully saturated rings. The number of carbonyl (C=O) groups is 1. The van der Waals surface area contributed by atoms with Gasteiger partial charge in [-0.25, -0.2) is 14.3 Å². The van der Waals surface area contributed by atoms with Crippen molar-refractivity contribution in [1.29, 1.82) is 0 Å². The predicted molar refractivity (Wildman–Crippen MR) is 76.6 cm³/mol. The number of carbonyl (C=O) groups excluding carboxylic acids is 1. The number of aliphatic hydroxyl groups excluding tert-OH is 1. The Morgan fingerprint density at radius 1 is 1.52 bits per heavy atom. The van der Waals surface area contributed by atoms with Crippen molar-refractivity contribution in [1.82, 2.24) is 24.8 Å². The highest BCUT2D eigenvalue weighted by Crippen LogP contribution is 2.32. The number of amides is 2. The first-order valence-electron chi connectivity index (χ1n) is 7.10. The molecule has 2 aromatic rings. The van der Waals surface area contributed by atoms with Gasteiger partial charge in [0, 0.05) is 25.9 Å². The third-order valence-corrected chi connectivity index (χ3v) is 3.76. The number of likely N-dealkylation sites (N-methyl/N-ethyl adjacent to an activating group) is 1. The third-order valence-electron chi connectivity index (χ3n) is 3.76. The summed E-state index contributed by atoms with van der Waals surface area (Å²) in [4.78, 5) is 17.7. The lowest BCUT2D eigenvalue weighted by molar-refractivity contribution is 0.113. The van der Waals surface area contributed by atoms with Gasteiger partial charge in [-0.1, -0.05) is 0 Å². The monoisotopic (exact) mass is 289 g/mol. The second-order valence-corrected chi connectivity index (χ2v) is 5.48. The molecule has 7 heteroatoms. The summed E-state index contributed by atoms with van der Waals surface area (Å²) >= 11 is 0. The second-order valence-electron chi connectivity index (χ2n) is 5.48. The van der Waals surface area contributed by atoms with Gasteiger partial charge in [-0.05, 0) is 24.8 Å². The van der Waals surface area contributed by atoms with E-state index in [9.17, 15) is 9.90 Å². The molecule has 1 saturated carbocycles. The molecule has 0 radical (unpaired) electrons. The van der Waals surface area contributed by atoms with Crippen LogP contribution in [0.3, 0.4) is 0 Å². The molecule has 112 valence electrons. The zero-order valence-electron chi connectivity index (χ0n) is 11.9. The fourth-order valence-corrected chi connectivity index (χ4v) is 2.31. The number of nitrogens with one attached hydrogen (secondary N) is 1. The summed E-state index contributed by atoms with van der Waals surface area (Å²) in [6.07, 6.45) is 5.07. The van der Waals surface area contributed by atoms with Crippen LogP contribution in [-0.2, 0) is 6.54 Å². The first-order valence-corrected chi connectivity index (χ1v) is 7.10. The third kappa shape index (κ3) is 3.13. The molecule has 0 bridgehead atoms. The highest BCUT2D eigenvalue weighted by Gasteiger charge is 2.31. The summed E-state index contributed by atoms with van der Waals surface area (Å²) in [6.45, 7) is 0.730. The van der Waals surface area contributed by atoms with Crippen LogP contribution in [0.4, 0.5) is 4.79 Å². The fraction of sp³-hybridized carbons (Fsp3) is 0.500. The summed E-state index contributed by atoms with van der Waals surface area (Å²) < 4.78 is 1.69. The maximum Gasteiger partial charge on any atom is 0.317 e. The maximum atomic E-state index is 12.0. The summed E-state index contributed by atoms with van der Waals surface area (Å²) in [5.74, 6) is 0.365. The molecular formula is C14H19N5O2. The summed E-state index contributed by atoms with van der Waals surface area (Å²) in [5.41, 5.74) is 1.61. The molecule has 0 saturated heterocycles. The Kier molecular flexibility index (Phi) is 3.74. The molecule has 1 aliphatic rings. The Bertz CT molecular complexity index is 637. The number of hydrogen-bond donors (Lipinski definition) is 2. The van der Waals surface area contributed by atoms with Crippen molar-refractivity contribution in [2.24, 2.45) is 5.92 Å². The lowest BCUT2D eigenvalue weighted by atomic mass is 10.2. The number of aromatic nitrogens is 3. The Labute approximate surface area is 122 Å². The second kappa shape index (κ2) is 5.69. The number of nitrogens with zero attached hydrogens (tertiary/aromatic N) is 4. The van der Waals surface area contributed by atoms with E-state index in [1.54, 1.807) is 24.0 Å². The van der Waals surface area contributed by atoms with Crippen molar-refractivity contribution < 1.29 is 9.90 Å². The van der Waals surface area contributed by atoms with Gasteiger partial charge in [0.05, 0.1) is 24.5 Å². The van der Waals surface area contributed by atoms with Crippen molar-refractivity contribution in [3.8, 4) is 0 Å². The van der Waals surface area contributed by atoms with Crippen molar-refractivity contribution in [2.45, 2.75) is 25.5 Å². The van der Waals surface area contributed by atoms with Crippen LogP contribution in [0.1, 0.15) is 18.5 Å². The van der Waals surface area contributed by atoms with Gasteiger partial charge < -0.3 is 15.3 Å². The van der Waals surface area contributed by atoms with E-state index in [4.69, 9.17) is 0 Å². The van der Waals surface area contributed by atoms with Gasteiger partial charge in [-0.15, -0.1) is 0 Å². The van der Waals surface area contributed by atoms with Gasteiger partial charge in [-0.3, -0.25) is 0 Å². The molecule has 2 aromatic heterocycles. The highest BCUT2D eigenvalue weighted by atomic mass is 16.3. The molecule has 2 N–H and O–H groups in total. The minimum atomic E-state index is -0.417. The van der Waals surface area contributed by atoms with E-state index in [1.165, 1.54) is 4.90 Å². The van der Waals surface area contributed by atoms with Gasteiger partial charge in [0.1, 0.15) is 0 Å². The Balaban J connectivity index is 1.56. The molecule has 1 aliphatic carbocycles. The standard InChI is InChI=1S/C14H19N5O2/c1-18(9-12(20)10-2-3-10)14(21)16-8-11-4-6-15-13-5-7-17-19(11)13/h4-7,10,12,20H,2-3,8-9H2,1H3,(H,16,21). The van der Waals surface area contributed by atoms with E-state index in [-0.39, 0.29) is 6.03 Å². The average molecular weight is 289 g/mol. The number of rotatable bonds is 5. The van der Waals surface area contributed by atoms with E-state index in [0.29, 0.717) is 19.0 Å². The molecular weight excluding hydrogens is 270 g/mol. The molecule has 2 heterocycles. The highest BCUT2D eigenvalue weighted by molar-refractivity contribution is 5.73. The molecule has 1 atom stereocenters. The predicted octanol–water partition coefficient (Wildman–Crippen LogP) is 0.642. The van der Waals surface area contributed by atoms with Crippen LogP contribution >= 0.6 is 0 Å². The number of aliphatic hydroxyl groups is 1. The van der Waals surface area contributed by atoms with Gasteiger partial charge in [0.15, 0.2) is 5.65 Å². The lowest BCUT2D eigenvalue weighted by Gasteiger charge is -2.21. The minimum absolute atomic E-state index is 0.202. The summed E-state index contributed by atoms with van der Waals surface area (Å²) in [6, 6.07) is 3.43. The fourth-order valence-electron chi connectivity index (χ4n) is 2.31. The van der Waals surface area contributed by atoms with Crippen molar-refractivity contribution in [3.05, 3.63) is 30.2 Å². The summed E-state index contributed by atoms with van der Waals surface area (Å²) in [5, 5.41) is 16.9. The smallest absolute Gasteiger partial charge is 0.317 e. The van der Waals surface area contributed by atoms with Gasteiger partial charge >= 0.3 is 6.03 Å². The van der Waals surface area contributed by atoms with Crippen molar-refractivity contribution >= 4 is 11.7 Å². The summed E-state index contributed by atoms with van der Waals surface area (Å²) in [7, 11) is 1.69. The van der Waals surface area contributed by atoms with Gasteiger partial charge in [0.25, 0.3) is 0 Å². The Morgan fingerprint density at radius 2 is 2.33 bits per heavy atom. The first kappa shape index (κ1) is 13.8. The molecule has 3 rings (SSSR count). The first-order chi connectivity index (χ1) is 10.1. The van der Waals surface area contributed by atoms with E-state index in [2.05, 4.69) is 15.4 Å². The van der Waals surface area contributed by atoms with Gasteiger partial charge in [-0.2, -0.15) is 5.10 Å². The Hall–Kier alpha value is -2.15. The number of fused-ring (bicyclic) bond motifs is 1. The molecule has 7 nitrogen and oxygen atoms in total.